The zero-order chi connectivity index (χ0) is 38.6. The number of carbonyl (C=O) groups excluding carboxylic acids is 4. The number of fused-ring (bicyclic) bond motifs is 3. The lowest BCUT2D eigenvalue weighted by molar-refractivity contribution is -0.143. The van der Waals surface area contributed by atoms with Gasteiger partial charge in [0.15, 0.2) is 0 Å². The van der Waals surface area contributed by atoms with E-state index in [1.807, 2.05) is 53.3 Å². The molecule has 0 spiro atoms. The van der Waals surface area contributed by atoms with Gasteiger partial charge in [0.2, 0.25) is 28.3 Å². The number of alkyl halides is 2. The second kappa shape index (κ2) is 14.2. The van der Waals surface area contributed by atoms with Crippen LogP contribution in [0.3, 0.4) is 0 Å². The van der Waals surface area contributed by atoms with E-state index in [1.165, 1.54) is 9.80 Å². The topological polar surface area (TPSA) is 176 Å². The van der Waals surface area contributed by atoms with Crippen LogP contribution in [0.2, 0.25) is 0 Å². The fraction of sp³-hybridized carbons (Fsp3) is 0.541. The molecule has 3 aliphatic carbocycles. The minimum Gasteiger partial charge on any atom is -0.390 e. The Balaban J connectivity index is 1.17. The number of nitrogens with one attached hydrogen (secondary N) is 3. The van der Waals surface area contributed by atoms with Crippen molar-refractivity contribution in [3.8, 4) is 11.1 Å². The Labute approximate surface area is 312 Å². The Hall–Kier alpha value is -4.64. The summed E-state index contributed by atoms with van der Waals surface area (Å²) in [5.41, 5.74) is 1.09. The molecule has 5 atom stereocenters. The van der Waals surface area contributed by atoms with Crippen LogP contribution in [0.15, 0.2) is 53.7 Å². The Bertz CT molecular complexity index is 1930. The Morgan fingerprint density at radius 2 is 1.56 bits per heavy atom. The summed E-state index contributed by atoms with van der Waals surface area (Å²) >= 11 is 0. The number of nitrogens with zero attached hydrogens (tertiary/aromatic N) is 3. The number of hydrogen-bond acceptors (Lipinski definition) is 9. The predicted octanol–water partition coefficient (Wildman–Crippen LogP) is 2.61. The van der Waals surface area contributed by atoms with Crippen LogP contribution in [0.25, 0.3) is 11.1 Å². The number of morpholine rings is 1. The van der Waals surface area contributed by atoms with E-state index >= 15 is 0 Å². The zero-order valence-electron chi connectivity index (χ0n) is 30.2. The van der Waals surface area contributed by atoms with Gasteiger partial charge in [-0.15, -0.1) is 0 Å². The van der Waals surface area contributed by atoms with Gasteiger partial charge in [-0.1, -0.05) is 74.5 Å². The van der Waals surface area contributed by atoms with E-state index in [0.717, 1.165) is 22.3 Å². The number of urea groups is 1. The number of halogens is 2. The van der Waals surface area contributed by atoms with Gasteiger partial charge in [0.1, 0.15) is 29.4 Å². The summed E-state index contributed by atoms with van der Waals surface area (Å²) in [5.74, 6) is -4.45. The highest BCUT2D eigenvalue weighted by Gasteiger charge is 2.67. The standard InChI is InChI=1S/C37H44F2N6O8S/c1-36(2,3)30(40-35(49)44-14-16-52-17-15-44)33(47)45-20-21(53-42-29-25-10-6-4-8-23(25)24-9-5-7-11-26(24)29)18-28(45)32(46)41-37(19-27(37)31(38)39)34(48)43-54(50,51)22-12-13-22/h4-11,21-22,27-28,30-31H,12-20H2,1-3H3,(H,40,49)(H,41,46)(H,43,48)/t21-,27+,28+,30-,37+/m1/s1. The van der Waals surface area contributed by atoms with Crippen LogP contribution in [0, 0.1) is 11.3 Å². The minimum atomic E-state index is -4.12. The number of hydrogen-bond donors (Lipinski definition) is 3. The van der Waals surface area contributed by atoms with Crippen LogP contribution in [-0.4, -0.2) is 116 Å². The summed E-state index contributed by atoms with van der Waals surface area (Å²) in [5, 5.41) is 8.98. The third-order valence-electron chi connectivity index (χ3n) is 10.7. The maximum atomic E-state index is 14.5. The Morgan fingerprint density at radius 3 is 2.09 bits per heavy atom. The monoisotopic (exact) mass is 770 g/mol. The highest BCUT2D eigenvalue weighted by molar-refractivity contribution is 7.91. The molecule has 4 fully saturated rings. The van der Waals surface area contributed by atoms with E-state index in [-0.39, 0.29) is 13.0 Å². The van der Waals surface area contributed by atoms with Crippen molar-refractivity contribution < 1.29 is 46.0 Å². The van der Waals surface area contributed by atoms with Gasteiger partial charge in [0.05, 0.1) is 30.9 Å². The summed E-state index contributed by atoms with van der Waals surface area (Å²) in [6.07, 6.45) is -3.86. The molecule has 2 heterocycles. The molecule has 0 bridgehead atoms. The molecule has 0 radical (unpaired) electrons. The number of likely N-dealkylation sites (tertiary alicyclic amines) is 1. The SMILES string of the molecule is CC(C)(C)[C@H](NC(=O)N1CCOCC1)C(=O)N1C[C@H](ON=C2c3ccccc3-c3ccccc32)C[C@H]1C(=O)N[C@@]1(C(=O)NS(=O)(=O)C2CC2)C[C@H]1C(F)F. The highest BCUT2D eigenvalue weighted by atomic mass is 32.2. The lowest BCUT2D eigenvalue weighted by Gasteiger charge is -2.37. The second-order valence-corrected chi connectivity index (χ2v) is 17.6. The third kappa shape index (κ3) is 7.27. The molecule has 17 heteroatoms. The maximum Gasteiger partial charge on any atom is 0.318 e. The molecule has 2 aromatic carbocycles. The van der Waals surface area contributed by atoms with Gasteiger partial charge in [-0.2, -0.15) is 0 Å². The molecule has 290 valence electrons. The number of ether oxygens (including phenoxy) is 1. The average molecular weight is 771 g/mol. The highest BCUT2D eigenvalue weighted by Crippen LogP contribution is 2.48. The van der Waals surface area contributed by atoms with Crippen LogP contribution < -0.4 is 15.4 Å². The number of amides is 5. The summed E-state index contributed by atoms with van der Waals surface area (Å²) < 4.78 is 60.7. The van der Waals surface area contributed by atoms with Crippen molar-refractivity contribution in [2.45, 2.75) is 81.9 Å². The molecular formula is C37H44F2N6O8S. The molecule has 2 saturated carbocycles. The first-order chi connectivity index (χ1) is 25.6. The van der Waals surface area contributed by atoms with E-state index in [9.17, 15) is 36.4 Å². The van der Waals surface area contributed by atoms with Crippen molar-refractivity contribution in [3.05, 3.63) is 59.7 Å². The molecule has 5 amide bonds. The lowest BCUT2D eigenvalue weighted by atomic mass is 9.85. The van der Waals surface area contributed by atoms with E-state index in [1.54, 1.807) is 20.8 Å². The van der Waals surface area contributed by atoms with Crippen molar-refractivity contribution in [1.82, 2.24) is 25.2 Å². The van der Waals surface area contributed by atoms with Gasteiger partial charge in [-0.25, -0.2) is 22.0 Å². The molecule has 14 nitrogen and oxygen atoms in total. The van der Waals surface area contributed by atoms with Crippen LogP contribution in [0.1, 0.15) is 57.6 Å². The van der Waals surface area contributed by atoms with E-state index in [4.69, 9.17) is 9.57 Å². The molecule has 0 aromatic heterocycles. The number of rotatable bonds is 10. The zero-order valence-corrected chi connectivity index (χ0v) is 31.0. The van der Waals surface area contributed by atoms with Gasteiger partial charge in [0, 0.05) is 30.6 Å². The van der Waals surface area contributed by atoms with Gasteiger partial charge in [-0.05, 0) is 35.8 Å². The van der Waals surface area contributed by atoms with E-state index < -0.39 is 86.9 Å². The van der Waals surface area contributed by atoms with Crippen LogP contribution in [-0.2, 0) is 34.0 Å². The van der Waals surface area contributed by atoms with Crippen molar-refractivity contribution in [1.29, 1.82) is 0 Å². The first-order valence-corrected chi connectivity index (χ1v) is 19.7. The van der Waals surface area contributed by atoms with E-state index in [0.29, 0.717) is 44.9 Å². The first kappa shape index (κ1) is 37.7. The molecule has 54 heavy (non-hydrogen) atoms. The third-order valence-corrected chi connectivity index (χ3v) is 12.6. The summed E-state index contributed by atoms with van der Waals surface area (Å²) in [7, 11) is -4.12. The number of oxime groups is 1. The largest absolute Gasteiger partial charge is 0.390 e. The lowest BCUT2D eigenvalue weighted by Crippen LogP contribution is -2.61. The second-order valence-electron chi connectivity index (χ2n) is 15.6. The number of carbonyl (C=O) groups is 4. The fourth-order valence-electron chi connectivity index (χ4n) is 7.42. The Morgan fingerprint density at radius 1 is 0.963 bits per heavy atom. The van der Waals surface area contributed by atoms with Crippen molar-refractivity contribution in [3.63, 3.8) is 0 Å². The molecule has 7 rings (SSSR count). The summed E-state index contributed by atoms with van der Waals surface area (Å²) in [6.45, 7) is 6.42. The molecule has 2 aliphatic heterocycles. The minimum absolute atomic E-state index is 0.136. The maximum absolute atomic E-state index is 14.5. The number of sulfonamides is 1. The Kier molecular flexibility index (Phi) is 9.91. The normalized spacial score (nSPS) is 25.4. The first-order valence-electron chi connectivity index (χ1n) is 18.1. The average Bonchev–Trinajstić information content (AvgIpc) is 4.05. The van der Waals surface area contributed by atoms with Gasteiger partial charge < -0.3 is 30.0 Å². The number of benzene rings is 2. The van der Waals surface area contributed by atoms with Crippen LogP contribution >= 0.6 is 0 Å². The smallest absolute Gasteiger partial charge is 0.318 e. The quantitative estimate of drug-likeness (QED) is 0.264. The molecule has 2 aromatic rings. The summed E-state index contributed by atoms with van der Waals surface area (Å²) in [6, 6.07) is 12.4. The molecular weight excluding hydrogens is 727 g/mol. The fourth-order valence-corrected chi connectivity index (χ4v) is 8.78. The molecule has 3 N–H and O–H groups in total. The van der Waals surface area contributed by atoms with Crippen molar-refractivity contribution in [2.24, 2.45) is 16.5 Å². The van der Waals surface area contributed by atoms with Crippen LogP contribution in [0.4, 0.5) is 13.6 Å². The van der Waals surface area contributed by atoms with Crippen molar-refractivity contribution >= 4 is 39.5 Å². The van der Waals surface area contributed by atoms with Crippen LogP contribution in [0.5, 0.6) is 0 Å². The molecule has 0 unspecified atom stereocenters. The molecule has 5 aliphatic rings. The predicted molar refractivity (Wildman–Crippen MR) is 192 cm³/mol. The molecule has 2 saturated heterocycles. The summed E-state index contributed by atoms with van der Waals surface area (Å²) in [4.78, 5) is 64.3. The van der Waals surface area contributed by atoms with Gasteiger partial charge in [-0.3, -0.25) is 19.1 Å². The van der Waals surface area contributed by atoms with Gasteiger partial charge in [0.25, 0.3) is 5.91 Å². The van der Waals surface area contributed by atoms with Crippen molar-refractivity contribution in [2.75, 3.05) is 32.8 Å². The van der Waals surface area contributed by atoms with E-state index in [2.05, 4.69) is 15.8 Å². The van der Waals surface area contributed by atoms with Gasteiger partial charge >= 0.3 is 6.03 Å².